The van der Waals surface area contributed by atoms with Crippen LogP contribution in [-0.2, 0) is 0 Å². The Hall–Kier alpha value is -2.57. The summed E-state index contributed by atoms with van der Waals surface area (Å²) in [4.78, 5) is 4.29. The highest BCUT2D eigenvalue weighted by Crippen LogP contribution is 2.33. The summed E-state index contributed by atoms with van der Waals surface area (Å²) in [5, 5.41) is 10.1. The van der Waals surface area contributed by atoms with E-state index in [1.807, 2.05) is 55.5 Å². The maximum Gasteiger partial charge on any atom is 0.153 e. The molecule has 3 aromatic rings. The van der Waals surface area contributed by atoms with Crippen LogP contribution < -0.4 is 4.74 Å². The molecule has 0 spiro atoms. The van der Waals surface area contributed by atoms with Gasteiger partial charge in [-0.25, -0.2) is 0 Å². The molecule has 0 radical (unpaired) electrons. The van der Waals surface area contributed by atoms with E-state index in [1.54, 1.807) is 0 Å². The first-order valence-electron chi connectivity index (χ1n) is 6.41. The summed E-state index contributed by atoms with van der Waals surface area (Å²) in [6.45, 7) is 2.02. The molecule has 1 aromatic heterocycles. The molecule has 0 saturated heterocycles. The number of hydrogen-bond acceptors (Lipinski definition) is 3. The molecule has 21 heavy (non-hydrogen) atoms. The number of fused-ring (bicyclic) bond motifs is 1. The Morgan fingerprint density at radius 2 is 1.90 bits per heavy atom. The van der Waals surface area contributed by atoms with E-state index < -0.39 is 0 Å². The molecule has 0 aliphatic carbocycles. The summed E-state index contributed by atoms with van der Waals surface area (Å²) in [6, 6.07) is 15.3. The molecule has 0 aliphatic heterocycles. The third kappa shape index (κ3) is 2.54. The van der Waals surface area contributed by atoms with E-state index in [1.165, 1.54) is 11.8 Å². The number of hydrogen-bond donors (Lipinski definition) is 0. The van der Waals surface area contributed by atoms with Crippen LogP contribution in [0.4, 0.5) is 0 Å². The van der Waals surface area contributed by atoms with Crippen LogP contribution in [0.5, 0.6) is 11.5 Å². The van der Waals surface area contributed by atoms with Crippen molar-refractivity contribution in [3.05, 3.63) is 64.8 Å². The van der Waals surface area contributed by atoms with Crippen molar-refractivity contribution in [2.24, 2.45) is 0 Å². The van der Waals surface area contributed by atoms with Crippen molar-refractivity contribution in [3.63, 3.8) is 0 Å². The van der Waals surface area contributed by atoms with Crippen LogP contribution in [0, 0.1) is 18.3 Å². The van der Waals surface area contributed by atoms with Gasteiger partial charge in [0.25, 0.3) is 0 Å². The molecule has 4 heteroatoms. The smallest absolute Gasteiger partial charge is 0.153 e. The molecule has 0 N–H and O–H groups in total. The van der Waals surface area contributed by atoms with Gasteiger partial charge in [-0.15, -0.1) is 0 Å². The van der Waals surface area contributed by atoms with Crippen molar-refractivity contribution in [3.8, 4) is 17.6 Å². The van der Waals surface area contributed by atoms with Crippen molar-refractivity contribution < 1.29 is 4.74 Å². The predicted octanol–water partition coefficient (Wildman–Crippen LogP) is 4.86. The van der Waals surface area contributed by atoms with Crippen LogP contribution in [-0.4, -0.2) is 4.98 Å². The van der Waals surface area contributed by atoms with Gasteiger partial charge in [-0.3, -0.25) is 4.98 Å². The first-order valence-corrected chi connectivity index (χ1v) is 6.78. The van der Waals surface area contributed by atoms with Crippen LogP contribution in [0.1, 0.15) is 11.1 Å². The Morgan fingerprint density at radius 3 is 2.62 bits per heavy atom. The number of benzene rings is 2. The third-order valence-electron chi connectivity index (χ3n) is 3.16. The Bertz CT molecular complexity index is 851. The molecule has 0 atom stereocenters. The van der Waals surface area contributed by atoms with E-state index in [0.29, 0.717) is 27.2 Å². The minimum absolute atomic E-state index is 0.358. The number of rotatable bonds is 2. The number of para-hydroxylation sites is 1. The second-order valence-corrected chi connectivity index (χ2v) is 5.04. The maximum absolute atomic E-state index is 9.00. The molecule has 3 nitrogen and oxygen atoms in total. The molecule has 0 bridgehead atoms. The lowest BCUT2D eigenvalue weighted by Crippen LogP contribution is -1.90. The predicted molar refractivity (Wildman–Crippen MR) is 82.7 cm³/mol. The average Bonchev–Trinajstić information content (AvgIpc) is 2.51. The molecule has 2 aromatic carbocycles. The van der Waals surface area contributed by atoms with Crippen LogP contribution in [0.15, 0.2) is 48.7 Å². The summed E-state index contributed by atoms with van der Waals surface area (Å²) in [7, 11) is 0. The Labute approximate surface area is 127 Å². The van der Waals surface area contributed by atoms with Crippen LogP contribution in [0.25, 0.3) is 10.9 Å². The second kappa shape index (κ2) is 5.43. The van der Waals surface area contributed by atoms with E-state index in [9.17, 15) is 0 Å². The third-order valence-corrected chi connectivity index (χ3v) is 3.57. The van der Waals surface area contributed by atoms with E-state index in [-0.39, 0.29) is 0 Å². The zero-order chi connectivity index (χ0) is 14.8. The van der Waals surface area contributed by atoms with E-state index in [2.05, 4.69) is 4.98 Å². The summed E-state index contributed by atoms with van der Waals surface area (Å²) >= 11 is 6.22. The Morgan fingerprint density at radius 1 is 1.14 bits per heavy atom. The number of nitriles is 1. The highest BCUT2D eigenvalue weighted by atomic mass is 35.5. The number of halogens is 1. The van der Waals surface area contributed by atoms with Gasteiger partial charge in [0.15, 0.2) is 5.75 Å². The van der Waals surface area contributed by atoms with Crippen LogP contribution in [0.2, 0.25) is 5.02 Å². The fraction of sp³-hybridized carbons (Fsp3) is 0.0588. The van der Waals surface area contributed by atoms with E-state index in [4.69, 9.17) is 21.6 Å². The molecular formula is C17H11ClN2O. The maximum atomic E-state index is 9.00. The topological polar surface area (TPSA) is 45.9 Å². The normalized spacial score (nSPS) is 10.3. The highest BCUT2D eigenvalue weighted by Gasteiger charge is 2.11. The highest BCUT2D eigenvalue weighted by molar-refractivity contribution is 6.36. The first-order chi connectivity index (χ1) is 10.2. The summed E-state index contributed by atoms with van der Waals surface area (Å²) in [5.41, 5.74) is 2.17. The van der Waals surface area contributed by atoms with Crippen LogP contribution in [0.3, 0.4) is 0 Å². The molecule has 0 aliphatic rings. The number of nitrogens with zero attached hydrogens (tertiary/aromatic N) is 2. The van der Waals surface area contributed by atoms with Gasteiger partial charge in [0.1, 0.15) is 17.3 Å². The minimum atomic E-state index is 0.358. The fourth-order valence-corrected chi connectivity index (χ4v) is 2.30. The van der Waals surface area contributed by atoms with Gasteiger partial charge in [-0.05, 0) is 25.1 Å². The lowest BCUT2D eigenvalue weighted by Gasteiger charge is -2.09. The molecule has 3 rings (SSSR count). The Balaban J connectivity index is 2.09. The largest absolute Gasteiger partial charge is 0.455 e. The van der Waals surface area contributed by atoms with Gasteiger partial charge in [-0.2, -0.15) is 5.26 Å². The zero-order valence-electron chi connectivity index (χ0n) is 11.3. The number of aromatic nitrogens is 1. The van der Waals surface area contributed by atoms with Crippen molar-refractivity contribution >= 4 is 22.5 Å². The average molecular weight is 295 g/mol. The molecule has 1 heterocycles. The van der Waals surface area contributed by atoms with Crippen molar-refractivity contribution in [1.29, 1.82) is 5.26 Å². The van der Waals surface area contributed by atoms with Gasteiger partial charge >= 0.3 is 0 Å². The lowest BCUT2D eigenvalue weighted by atomic mass is 10.1. The molecular weight excluding hydrogens is 284 g/mol. The standard InChI is InChI=1S/C17H11ClN2O/c1-11-5-7-13(8-6-11)21-15-4-2-3-14-16(18)12(9-19)10-20-17(14)15/h2-8,10H,1H3. The molecule has 102 valence electrons. The van der Waals surface area contributed by atoms with Crippen molar-refractivity contribution in [2.75, 3.05) is 0 Å². The zero-order valence-corrected chi connectivity index (χ0v) is 12.1. The molecule has 0 fully saturated rings. The molecule has 0 amide bonds. The number of ether oxygens (including phenoxy) is 1. The summed E-state index contributed by atoms with van der Waals surface area (Å²) in [5.74, 6) is 1.35. The van der Waals surface area contributed by atoms with Gasteiger partial charge in [0.2, 0.25) is 0 Å². The second-order valence-electron chi connectivity index (χ2n) is 4.67. The summed E-state index contributed by atoms with van der Waals surface area (Å²) < 4.78 is 5.87. The van der Waals surface area contributed by atoms with Crippen LogP contribution >= 0.6 is 11.6 Å². The van der Waals surface area contributed by atoms with Crippen molar-refractivity contribution in [2.45, 2.75) is 6.92 Å². The number of pyridine rings is 1. The van der Waals surface area contributed by atoms with Gasteiger partial charge in [-0.1, -0.05) is 41.4 Å². The van der Waals surface area contributed by atoms with E-state index in [0.717, 1.165) is 5.75 Å². The van der Waals surface area contributed by atoms with Gasteiger partial charge in [0.05, 0.1) is 10.6 Å². The molecule has 0 unspecified atom stereocenters. The monoisotopic (exact) mass is 294 g/mol. The fourth-order valence-electron chi connectivity index (χ4n) is 2.06. The quantitative estimate of drug-likeness (QED) is 0.678. The van der Waals surface area contributed by atoms with Crippen molar-refractivity contribution in [1.82, 2.24) is 4.98 Å². The van der Waals surface area contributed by atoms with Gasteiger partial charge in [0, 0.05) is 11.6 Å². The SMILES string of the molecule is Cc1ccc(Oc2cccc3c(Cl)c(C#N)cnc23)cc1. The minimum Gasteiger partial charge on any atom is -0.455 e. The first kappa shape index (κ1) is 13.4. The summed E-state index contributed by atoms with van der Waals surface area (Å²) in [6.07, 6.45) is 1.46. The van der Waals surface area contributed by atoms with E-state index >= 15 is 0 Å². The molecule has 0 saturated carbocycles. The lowest BCUT2D eigenvalue weighted by molar-refractivity contribution is 0.487. The Kier molecular flexibility index (Phi) is 3.47. The van der Waals surface area contributed by atoms with Gasteiger partial charge < -0.3 is 4.74 Å². The number of aryl methyl sites for hydroxylation is 1.